The van der Waals surface area contributed by atoms with E-state index >= 15 is 4.39 Å². The van der Waals surface area contributed by atoms with Crippen LogP contribution in [0.4, 0.5) is 41.6 Å². The second kappa shape index (κ2) is 15.5. The first-order chi connectivity index (χ1) is 25.3. The van der Waals surface area contributed by atoms with Crippen LogP contribution >= 0.6 is 11.3 Å². The van der Waals surface area contributed by atoms with Crippen LogP contribution in [0.15, 0.2) is 18.2 Å². The summed E-state index contributed by atoms with van der Waals surface area (Å²) in [6.07, 6.45) is -0.362. The number of ether oxygens (including phenoxy) is 1. The lowest BCUT2D eigenvalue weighted by molar-refractivity contribution is -0.137. The lowest BCUT2D eigenvalue weighted by atomic mass is 9.92. The molecule has 2 aromatic heterocycles. The smallest absolute Gasteiger partial charge is 0.417 e. The fourth-order valence-corrected chi connectivity index (χ4v) is 8.16. The minimum absolute atomic E-state index is 0.0444. The molecule has 1 amide bonds. The van der Waals surface area contributed by atoms with E-state index in [2.05, 4.69) is 20.2 Å². The van der Waals surface area contributed by atoms with Crippen molar-refractivity contribution in [3.05, 3.63) is 41.0 Å². The van der Waals surface area contributed by atoms with Crippen LogP contribution in [-0.2, 0) is 11.0 Å². The van der Waals surface area contributed by atoms with Gasteiger partial charge in [0, 0.05) is 48.6 Å². The summed E-state index contributed by atoms with van der Waals surface area (Å²) in [5, 5.41) is 11.8. The fourth-order valence-electron chi connectivity index (χ4n) is 7.21. The Hall–Kier alpha value is -4.43. The van der Waals surface area contributed by atoms with Gasteiger partial charge in [0.2, 0.25) is 5.91 Å². The Morgan fingerprint density at radius 2 is 1.85 bits per heavy atom. The first-order valence-corrected chi connectivity index (χ1v) is 18.2. The monoisotopic (exact) mass is 765 g/mol. The van der Waals surface area contributed by atoms with Crippen LogP contribution in [0.5, 0.6) is 6.01 Å². The van der Waals surface area contributed by atoms with E-state index in [-0.39, 0.29) is 61.8 Å². The highest BCUT2D eigenvalue weighted by Crippen LogP contribution is 2.47. The van der Waals surface area contributed by atoms with Crippen molar-refractivity contribution in [3.63, 3.8) is 0 Å². The van der Waals surface area contributed by atoms with Crippen LogP contribution in [0.3, 0.4) is 0 Å². The van der Waals surface area contributed by atoms with E-state index < -0.39 is 46.8 Å². The molecule has 4 fully saturated rings. The summed E-state index contributed by atoms with van der Waals surface area (Å²) in [7, 11) is 1.23. The highest BCUT2D eigenvalue weighted by atomic mass is 32.1. The summed E-state index contributed by atoms with van der Waals surface area (Å²) >= 11 is 0.698. The van der Waals surface area contributed by atoms with Crippen LogP contribution in [0.2, 0.25) is 0 Å². The highest BCUT2D eigenvalue weighted by molar-refractivity contribution is 7.23. The van der Waals surface area contributed by atoms with Crippen LogP contribution in [-0.4, -0.2) is 83.9 Å². The summed E-state index contributed by atoms with van der Waals surface area (Å²) < 4.78 is 103. The molecule has 0 radical (unpaired) electrons. The summed E-state index contributed by atoms with van der Waals surface area (Å²) in [6.45, 7) is 5.54. The maximum Gasteiger partial charge on any atom is 0.417 e. The molecule has 53 heavy (non-hydrogen) atoms. The van der Waals surface area contributed by atoms with Crippen molar-refractivity contribution >= 4 is 49.1 Å². The molecule has 2 aromatic carbocycles. The van der Waals surface area contributed by atoms with E-state index in [1.807, 2.05) is 0 Å². The van der Waals surface area contributed by atoms with Gasteiger partial charge < -0.3 is 20.7 Å². The zero-order chi connectivity index (χ0) is 38.2. The Kier molecular flexibility index (Phi) is 11.2. The van der Waals surface area contributed by atoms with E-state index in [9.17, 15) is 36.4 Å². The number of nitrogen functional groups attached to an aromatic ring is 1. The number of nitrogens with zero attached hydrogens (tertiary/aromatic N) is 5. The predicted octanol–water partition coefficient (Wildman–Crippen LogP) is 7.86. The Morgan fingerprint density at radius 1 is 1.13 bits per heavy atom. The molecule has 1 aliphatic carbocycles. The molecule has 9 nitrogen and oxygen atoms in total. The third kappa shape index (κ3) is 7.80. The molecule has 0 spiro atoms. The van der Waals surface area contributed by atoms with Crippen molar-refractivity contribution in [3.8, 4) is 23.2 Å². The van der Waals surface area contributed by atoms with E-state index in [0.29, 0.717) is 30.3 Å². The average Bonchev–Trinajstić information content (AvgIpc) is 3.59. The minimum Gasteiger partial charge on any atom is -0.467 e. The van der Waals surface area contributed by atoms with Gasteiger partial charge >= 0.3 is 12.2 Å². The molecule has 284 valence electrons. The molecule has 17 heteroatoms. The van der Waals surface area contributed by atoms with Gasteiger partial charge in [-0.25, -0.2) is 17.6 Å². The van der Waals surface area contributed by atoms with Crippen molar-refractivity contribution in [1.29, 1.82) is 5.26 Å². The van der Waals surface area contributed by atoms with Crippen molar-refractivity contribution in [1.82, 2.24) is 19.8 Å². The number of carbonyl (C=O) groups is 1. The van der Waals surface area contributed by atoms with Crippen molar-refractivity contribution < 1.29 is 40.3 Å². The molecule has 4 unspecified atom stereocenters. The molecule has 4 atom stereocenters. The van der Waals surface area contributed by atoms with Gasteiger partial charge in [0.15, 0.2) is 5.82 Å². The zero-order valence-electron chi connectivity index (χ0n) is 29.0. The number of hydrogen-bond acceptors (Lipinski definition) is 9. The Labute approximate surface area is 304 Å². The molecule has 5 heterocycles. The number of halogens is 7. The molecule has 1 saturated carbocycles. The number of nitrogens with two attached hydrogens (primary N) is 1. The molecule has 4 aromatic rings. The van der Waals surface area contributed by atoms with Crippen molar-refractivity contribution in [2.75, 3.05) is 50.9 Å². The van der Waals surface area contributed by atoms with Crippen LogP contribution in [0.1, 0.15) is 56.6 Å². The van der Waals surface area contributed by atoms with Gasteiger partial charge in [-0.3, -0.25) is 9.69 Å². The van der Waals surface area contributed by atoms with Crippen LogP contribution in [0, 0.1) is 28.9 Å². The van der Waals surface area contributed by atoms with Crippen molar-refractivity contribution in [2.45, 2.75) is 70.0 Å². The number of alkyl halides is 5. The van der Waals surface area contributed by atoms with Gasteiger partial charge in [0.1, 0.15) is 40.6 Å². The number of benzene rings is 2. The van der Waals surface area contributed by atoms with E-state index in [1.165, 1.54) is 20.0 Å². The van der Waals surface area contributed by atoms with Gasteiger partial charge in [-0.15, -0.1) is 11.3 Å². The minimum atomic E-state index is -5.00. The van der Waals surface area contributed by atoms with E-state index in [1.54, 1.807) is 17.9 Å². The molecule has 8 rings (SSSR count). The highest BCUT2D eigenvalue weighted by Gasteiger charge is 2.46. The number of aromatic nitrogens is 2. The molecule has 3 saturated heterocycles. The number of thiophene rings is 1. The number of nitriles is 1. The van der Waals surface area contributed by atoms with Gasteiger partial charge in [0.05, 0.1) is 28.9 Å². The normalized spacial score (nSPS) is 22.2. The van der Waals surface area contributed by atoms with Crippen LogP contribution in [0.25, 0.3) is 32.1 Å². The topological polar surface area (TPSA) is 120 Å². The second-order valence-electron chi connectivity index (χ2n) is 13.4. The number of fused-ring (bicyclic) bond motifs is 3. The fraction of sp³-hybridized carbons (Fsp3) is 0.500. The number of amides is 1. The van der Waals surface area contributed by atoms with Gasteiger partial charge in [0.25, 0.3) is 0 Å². The number of hydrogen-bond donors (Lipinski definition) is 2. The summed E-state index contributed by atoms with van der Waals surface area (Å²) in [5.41, 5.74) is 2.59. The average molecular weight is 766 g/mol. The Morgan fingerprint density at radius 3 is 2.45 bits per heavy atom. The summed E-state index contributed by atoms with van der Waals surface area (Å²) in [5.74, 6) is -2.37. The molecule has 0 bridgehead atoms. The number of methoxy groups -OCH3 is 1. The third-order valence-electron chi connectivity index (χ3n) is 9.85. The number of anilines is 2. The zero-order valence-corrected chi connectivity index (χ0v) is 29.8. The summed E-state index contributed by atoms with van der Waals surface area (Å²) in [4.78, 5) is 23.3. The van der Waals surface area contributed by atoms with E-state index in [4.69, 9.17) is 10.5 Å². The lowest BCUT2D eigenvalue weighted by Crippen LogP contribution is -2.29. The quantitative estimate of drug-likeness (QED) is 0.197. The molecular formula is C36H38F7N7O2S. The third-order valence-corrected chi connectivity index (χ3v) is 10.9. The maximum atomic E-state index is 15.9. The molecule has 3 N–H and O–H groups in total. The SMILES string of the molecule is CCNc1nc(OC)nc2c(F)c(-c3ccc(F)c4sc(N)c(C#N)c34)c(C(F)(F)F)cc12.FC1CC2CCCN2C1.O=C(C1CC1F)N1CCCC1. The van der Waals surface area contributed by atoms with Gasteiger partial charge in [-0.2, -0.15) is 28.4 Å². The van der Waals surface area contributed by atoms with Gasteiger partial charge in [-0.1, -0.05) is 6.07 Å². The Bertz CT molecular complexity index is 2040. The number of nitrogens with one attached hydrogen (secondary N) is 1. The largest absolute Gasteiger partial charge is 0.467 e. The van der Waals surface area contributed by atoms with Crippen molar-refractivity contribution in [2.24, 2.45) is 5.92 Å². The molecule has 4 aliphatic rings. The van der Waals surface area contributed by atoms with Gasteiger partial charge in [-0.05, 0) is 69.7 Å². The standard InChI is InChI=1S/C21H14F5N5OS.C8H12FNO.C7H12FN/c1-3-29-19-9-6-11(21(24,25)26)14(15(23)16(9)30-20(31-19)32-2)8-4-5-12(22)17-13(8)10(7-27)18(28)33-17;9-7-5-6(7)8(11)10-3-1-2-4-10;8-6-4-7-2-1-3-9(7)5-6/h4-6H,3,28H2,1-2H3,(H,29,30,31);6-7H,1-5H2;6-7H,1-5H2. The van der Waals surface area contributed by atoms with Crippen LogP contribution < -0.4 is 15.8 Å². The predicted molar refractivity (Wildman–Crippen MR) is 188 cm³/mol. The number of carbonyl (C=O) groups excluding carboxylic acids is 1. The molecule has 3 aliphatic heterocycles. The second-order valence-corrected chi connectivity index (χ2v) is 14.4. The van der Waals surface area contributed by atoms with E-state index in [0.717, 1.165) is 57.1 Å². The maximum absolute atomic E-state index is 15.9. The number of rotatable bonds is 5. The Balaban J connectivity index is 0.000000192. The first-order valence-electron chi connectivity index (χ1n) is 17.4. The molecular weight excluding hydrogens is 727 g/mol. The summed E-state index contributed by atoms with van der Waals surface area (Å²) in [6, 6.07) is 4.75. The number of likely N-dealkylation sites (tertiary alicyclic amines) is 1. The first kappa shape index (κ1) is 38.3. The lowest BCUT2D eigenvalue weighted by Gasteiger charge is -2.18.